The maximum atomic E-state index is 10.8. The Bertz CT molecular complexity index is 1350. The van der Waals surface area contributed by atoms with Crippen molar-refractivity contribution in [3.05, 3.63) is 122 Å². The van der Waals surface area contributed by atoms with Crippen molar-refractivity contribution in [2.45, 2.75) is 57.8 Å². The minimum absolute atomic E-state index is 0.0652. The second-order valence-electron chi connectivity index (χ2n) is 10.1. The average molecular weight is 697 g/mol. The Morgan fingerprint density at radius 3 is 1.60 bits per heavy atom. The van der Waals surface area contributed by atoms with Crippen molar-refractivity contribution in [1.29, 1.82) is 0 Å². The quantitative estimate of drug-likeness (QED) is 0.0654. The number of anilines is 4. The van der Waals surface area contributed by atoms with Crippen LogP contribution in [0.3, 0.4) is 0 Å². The van der Waals surface area contributed by atoms with Gasteiger partial charge in [0.15, 0.2) is 0 Å². The Hall–Kier alpha value is -3.20. The molecule has 42 heavy (non-hydrogen) atoms. The van der Waals surface area contributed by atoms with Gasteiger partial charge in [0, 0.05) is 32.1 Å². The minimum atomic E-state index is -0.402. The highest BCUT2D eigenvalue weighted by Gasteiger charge is 2.12. The van der Waals surface area contributed by atoms with E-state index in [4.69, 9.17) is 5.73 Å². The van der Waals surface area contributed by atoms with Crippen molar-refractivity contribution in [2.75, 3.05) is 17.2 Å². The number of unbranched alkanes of at least 4 members (excludes halogenated alkanes) is 7. The number of para-hydroxylation sites is 3. The molecular weight excluding hydrogens is 656 g/mol. The van der Waals surface area contributed by atoms with E-state index >= 15 is 0 Å². The third kappa shape index (κ3) is 12.3. The summed E-state index contributed by atoms with van der Waals surface area (Å²) in [4.78, 5) is 10.4. The normalized spacial score (nSPS) is 10.5. The zero-order valence-corrected chi connectivity index (χ0v) is 27.1. The summed E-state index contributed by atoms with van der Waals surface area (Å²) >= 11 is 6.82. The second-order valence-corrected chi connectivity index (χ2v) is 11.9. The van der Waals surface area contributed by atoms with Gasteiger partial charge in [0.1, 0.15) is 5.69 Å². The van der Waals surface area contributed by atoms with Gasteiger partial charge in [-0.15, -0.1) is 0 Å². The molecule has 222 valence electrons. The van der Waals surface area contributed by atoms with Crippen molar-refractivity contribution in [1.82, 2.24) is 0 Å². The van der Waals surface area contributed by atoms with Gasteiger partial charge in [-0.3, -0.25) is 10.1 Å². The predicted octanol–water partition coefficient (Wildman–Crippen LogP) is 10.9. The van der Waals surface area contributed by atoms with Crippen molar-refractivity contribution in [3.8, 4) is 0 Å². The first-order valence-corrected chi connectivity index (χ1v) is 16.1. The lowest BCUT2D eigenvalue weighted by Crippen LogP contribution is -1.97. The molecule has 0 atom stereocenters. The number of hydrogen-bond donors (Lipinski definition) is 3. The largest absolute Gasteiger partial charge is 0.355 e. The summed E-state index contributed by atoms with van der Waals surface area (Å²) < 4.78 is 2.07. The van der Waals surface area contributed by atoms with Crippen molar-refractivity contribution in [2.24, 2.45) is 5.73 Å². The van der Waals surface area contributed by atoms with Gasteiger partial charge in [-0.2, -0.15) is 0 Å². The van der Waals surface area contributed by atoms with Gasteiger partial charge in [-0.1, -0.05) is 101 Å². The van der Waals surface area contributed by atoms with Gasteiger partial charge in [0.05, 0.1) is 4.92 Å². The van der Waals surface area contributed by atoms with Crippen LogP contribution < -0.4 is 16.4 Å². The monoisotopic (exact) mass is 694 g/mol. The third-order valence-corrected chi connectivity index (χ3v) is 7.82. The molecule has 0 aliphatic carbocycles. The van der Waals surface area contributed by atoms with Crippen molar-refractivity contribution in [3.63, 3.8) is 0 Å². The zero-order chi connectivity index (χ0) is 30.0. The molecule has 0 saturated carbocycles. The average Bonchev–Trinajstić information content (AvgIpc) is 3.00. The van der Waals surface area contributed by atoms with Crippen LogP contribution in [0.15, 0.2) is 106 Å². The van der Waals surface area contributed by atoms with Crippen LogP contribution in [0.2, 0.25) is 0 Å². The van der Waals surface area contributed by atoms with E-state index < -0.39 is 4.92 Å². The number of aryl methyl sites for hydroxylation is 1. The number of nitrogens with zero attached hydrogens (tertiary/aromatic N) is 1. The molecule has 8 heteroatoms. The van der Waals surface area contributed by atoms with Crippen LogP contribution >= 0.6 is 31.9 Å². The molecule has 4 rings (SSSR count). The number of nitro groups is 1. The maximum Gasteiger partial charge on any atom is 0.292 e. The van der Waals surface area contributed by atoms with Crippen LogP contribution in [0.4, 0.5) is 28.4 Å². The Morgan fingerprint density at radius 2 is 1.05 bits per heavy atom. The van der Waals surface area contributed by atoms with E-state index in [1.54, 1.807) is 18.2 Å². The SMILES string of the molecule is NCCCCCCCCCCc1ccccc1Nc1ccc(Br)cc1.O=[N+]([O-])c1ccccc1Nc1ccc(Br)cc1. The van der Waals surface area contributed by atoms with E-state index in [0.717, 1.165) is 33.3 Å². The number of nitrogens with two attached hydrogens (primary N) is 1. The molecular formula is C34H40Br2N4O2. The van der Waals surface area contributed by atoms with Crippen LogP contribution in [0.1, 0.15) is 56.9 Å². The Balaban J connectivity index is 0.000000247. The molecule has 0 aromatic heterocycles. The van der Waals surface area contributed by atoms with Gasteiger partial charge in [0.25, 0.3) is 5.69 Å². The summed E-state index contributed by atoms with van der Waals surface area (Å²) in [7, 11) is 0. The van der Waals surface area contributed by atoms with Crippen LogP contribution in [-0.2, 0) is 6.42 Å². The fourth-order valence-electron chi connectivity index (χ4n) is 4.50. The molecule has 0 amide bonds. The number of benzene rings is 4. The molecule has 0 fully saturated rings. The summed E-state index contributed by atoms with van der Waals surface area (Å²) in [6, 6.07) is 31.0. The van der Waals surface area contributed by atoms with E-state index in [9.17, 15) is 10.1 Å². The molecule has 0 unspecified atom stereocenters. The summed E-state index contributed by atoms with van der Waals surface area (Å²) in [5.41, 5.74) is 10.7. The topological polar surface area (TPSA) is 93.2 Å². The molecule has 0 radical (unpaired) electrons. The fraction of sp³-hybridized carbons (Fsp3) is 0.294. The Morgan fingerprint density at radius 1 is 0.595 bits per heavy atom. The highest BCUT2D eigenvalue weighted by Crippen LogP contribution is 2.28. The Labute approximate surface area is 266 Å². The van der Waals surface area contributed by atoms with Gasteiger partial charge >= 0.3 is 0 Å². The van der Waals surface area contributed by atoms with Gasteiger partial charge in [-0.25, -0.2) is 0 Å². The lowest BCUT2D eigenvalue weighted by atomic mass is 10.0. The molecule has 0 bridgehead atoms. The molecule has 6 nitrogen and oxygen atoms in total. The smallest absolute Gasteiger partial charge is 0.292 e. The van der Waals surface area contributed by atoms with Crippen LogP contribution in [0, 0.1) is 10.1 Å². The van der Waals surface area contributed by atoms with Crippen molar-refractivity contribution >= 4 is 60.3 Å². The van der Waals surface area contributed by atoms with Gasteiger partial charge in [0.2, 0.25) is 0 Å². The van der Waals surface area contributed by atoms with E-state index in [0.29, 0.717) is 5.69 Å². The second kappa shape index (κ2) is 19.1. The minimum Gasteiger partial charge on any atom is -0.355 e. The fourth-order valence-corrected chi connectivity index (χ4v) is 5.03. The standard InChI is InChI=1S/C22H31BrN2.C12H9BrN2O2/c23-20-14-16-21(17-15-20)25-22-13-9-8-12-19(22)11-7-5-3-1-2-4-6-10-18-24;13-9-5-7-10(8-6-9)14-11-3-1-2-4-12(11)15(16)17/h8-9,12-17,25H,1-7,10-11,18,24H2;1-8,14H. The summed E-state index contributed by atoms with van der Waals surface area (Å²) in [5, 5.41) is 17.4. The molecule has 0 saturated heterocycles. The first-order chi connectivity index (χ1) is 20.5. The number of hydrogen-bond acceptors (Lipinski definition) is 5. The zero-order valence-electron chi connectivity index (χ0n) is 23.9. The highest BCUT2D eigenvalue weighted by molar-refractivity contribution is 9.10. The van der Waals surface area contributed by atoms with E-state index in [1.165, 1.54) is 68.7 Å². The maximum absolute atomic E-state index is 10.8. The molecule has 0 aliphatic heterocycles. The molecule has 4 aromatic carbocycles. The van der Waals surface area contributed by atoms with E-state index in [1.807, 2.05) is 24.3 Å². The molecule has 0 spiro atoms. The molecule has 0 heterocycles. The first kappa shape index (κ1) is 33.3. The highest BCUT2D eigenvalue weighted by atomic mass is 79.9. The van der Waals surface area contributed by atoms with Gasteiger partial charge < -0.3 is 16.4 Å². The molecule has 0 aliphatic rings. The summed E-state index contributed by atoms with van der Waals surface area (Å²) in [5.74, 6) is 0. The Kier molecular flexibility index (Phi) is 15.1. The number of halogens is 2. The third-order valence-electron chi connectivity index (χ3n) is 6.76. The number of rotatable bonds is 15. The van der Waals surface area contributed by atoms with E-state index in [-0.39, 0.29) is 5.69 Å². The molecule has 4 aromatic rings. The summed E-state index contributed by atoms with van der Waals surface area (Å²) in [6.07, 6.45) is 11.6. The lowest BCUT2D eigenvalue weighted by Gasteiger charge is -2.12. The van der Waals surface area contributed by atoms with E-state index in [2.05, 4.69) is 91.0 Å². The number of nitrogens with one attached hydrogen (secondary N) is 2. The van der Waals surface area contributed by atoms with Gasteiger partial charge in [-0.05, 0) is 92.0 Å². The lowest BCUT2D eigenvalue weighted by molar-refractivity contribution is -0.383. The van der Waals surface area contributed by atoms with Crippen molar-refractivity contribution < 1.29 is 4.92 Å². The summed E-state index contributed by atoms with van der Waals surface area (Å²) in [6.45, 7) is 0.841. The molecule has 4 N–H and O–H groups in total. The first-order valence-electron chi connectivity index (χ1n) is 14.5. The predicted molar refractivity (Wildman–Crippen MR) is 184 cm³/mol. The van der Waals surface area contributed by atoms with Crippen LogP contribution in [-0.4, -0.2) is 11.5 Å². The van der Waals surface area contributed by atoms with Crippen LogP contribution in [0.5, 0.6) is 0 Å². The number of nitro benzene ring substituents is 1. The van der Waals surface area contributed by atoms with Crippen LogP contribution in [0.25, 0.3) is 0 Å².